The summed E-state index contributed by atoms with van der Waals surface area (Å²) in [7, 11) is -3.43. The van der Waals surface area contributed by atoms with Crippen molar-refractivity contribution in [2.75, 3.05) is 12.3 Å². The SMILES string of the molecule is CCC(C)NC(=O)CNS(=O)(=O)CCc1ccccc1. The molecule has 0 saturated heterocycles. The summed E-state index contributed by atoms with van der Waals surface area (Å²) in [6.07, 6.45) is 1.25. The number of hydrogen-bond acceptors (Lipinski definition) is 3. The molecule has 112 valence electrons. The van der Waals surface area contributed by atoms with Gasteiger partial charge in [-0.2, -0.15) is 0 Å². The average molecular weight is 298 g/mol. The van der Waals surface area contributed by atoms with Crippen molar-refractivity contribution in [3.63, 3.8) is 0 Å². The Morgan fingerprint density at radius 2 is 1.90 bits per heavy atom. The normalized spacial score (nSPS) is 12.9. The van der Waals surface area contributed by atoms with E-state index in [-0.39, 0.29) is 24.2 Å². The molecule has 0 fully saturated rings. The van der Waals surface area contributed by atoms with Gasteiger partial charge in [0.1, 0.15) is 0 Å². The van der Waals surface area contributed by atoms with Crippen molar-refractivity contribution < 1.29 is 13.2 Å². The molecule has 1 aromatic carbocycles. The van der Waals surface area contributed by atoms with Crippen molar-refractivity contribution in [2.45, 2.75) is 32.7 Å². The quantitative estimate of drug-likeness (QED) is 0.753. The topological polar surface area (TPSA) is 75.3 Å². The first-order valence-corrected chi connectivity index (χ1v) is 8.39. The van der Waals surface area contributed by atoms with Crippen molar-refractivity contribution in [1.82, 2.24) is 10.0 Å². The molecule has 1 amide bonds. The molecular formula is C14H22N2O3S. The monoisotopic (exact) mass is 298 g/mol. The number of aryl methyl sites for hydroxylation is 1. The number of hydrogen-bond donors (Lipinski definition) is 2. The second-order valence-electron chi connectivity index (χ2n) is 4.75. The maximum atomic E-state index is 11.8. The smallest absolute Gasteiger partial charge is 0.235 e. The molecular weight excluding hydrogens is 276 g/mol. The Hall–Kier alpha value is -1.40. The van der Waals surface area contributed by atoms with Crippen molar-refractivity contribution in [2.24, 2.45) is 0 Å². The fourth-order valence-electron chi connectivity index (χ4n) is 1.57. The molecule has 0 heterocycles. The molecule has 0 saturated carbocycles. The highest BCUT2D eigenvalue weighted by atomic mass is 32.2. The fourth-order valence-corrected chi connectivity index (χ4v) is 2.57. The van der Waals surface area contributed by atoms with Crippen LogP contribution in [0.1, 0.15) is 25.8 Å². The van der Waals surface area contributed by atoms with Crippen LogP contribution in [0.25, 0.3) is 0 Å². The minimum absolute atomic E-state index is 0.0202. The van der Waals surface area contributed by atoms with Gasteiger partial charge in [0.25, 0.3) is 0 Å². The summed E-state index contributed by atoms with van der Waals surface area (Å²) in [5.41, 5.74) is 0.960. The van der Waals surface area contributed by atoms with Crippen molar-refractivity contribution in [3.8, 4) is 0 Å². The second-order valence-corrected chi connectivity index (χ2v) is 6.68. The van der Waals surface area contributed by atoms with Crippen LogP contribution in [0.2, 0.25) is 0 Å². The van der Waals surface area contributed by atoms with Crippen molar-refractivity contribution >= 4 is 15.9 Å². The summed E-state index contributed by atoms with van der Waals surface area (Å²) in [5, 5.41) is 2.71. The number of carbonyl (C=O) groups is 1. The molecule has 1 unspecified atom stereocenters. The molecule has 0 radical (unpaired) electrons. The van der Waals surface area contributed by atoms with E-state index in [2.05, 4.69) is 10.0 Å². The second kappa shape index (κ2) is 8.01. The molecule has 1 atom stereocenters. The minimum Gasteiger partial charge on any atom is -0.353 e. The van der Waals surface area contributed by atoms with Crippen LogP contribution < -0.4 is 10.0 Å². The van der Waals surface area contributed by atoms with Gasteiger partial charge in [-0.1, -0.05) is 37.3 Å². The Morgan fingerprint density at radius 1 is 1.25 bits per heavy atom. The molecule has 0 aromatic heterocycles. The van der Waals surface area contributed by atoms with Gasteiger partial charge in [-0.15, -0.1) is 0 Å². The summed E-state index contributed by atoms with van der Waals surface area (Å²) in [4.78, 5) is 11.5. The van der Waals surface area contributed by atoms with E-state index < -0.39 is 10.0 Å². The van der Waals surface area contributed by atoms with Gasteiger partial charge in [0, 0.05) is 6.04 Å². The van der Waals surface area contributed by atoms with Gasteiger partial charge in [-0.3, -0.25) is 4.79 Å². The standard InChI is InChI=1S/C14H22N2O3S/c1-3-12(2)16-14(17)11-15-20(18,19)10-9-13-7-5-4-6-8-13/h4-8,12,15H,3,9-11H2,1-2H3,(H,16,17). The van der Waals surface area contributed by atoms with Crippen molar-refractivity contribution in [3.05, 3.63) is 35.9 Å². The van der Waals surface area contributed by atoms with Gasteiger partial charge in [0.15, 0.2) is 0 Å². The van der Waals surface area contributed by atoms with E-state index in [1.807, 2.05) is 44.2 Å². The first kappa shape index (κ1) is 16.7. The fraction of sp³-hybridized carbons (Fsp3) is 0.500. The first-order valence-electron chi connectivity index (χ1n) is 6.73. The van der Waals surface area contributed by atoms with Crippen LogP contribution in [0.4, 0.5) is 0 Å². The third-order valence-electron chi connectivity index (χ3n) is 2.97. The van der Waals surface area contributed by atoms with E-state index in [0.717, 1.165) is 12.0 Å². The number of rotatable bonds is 8. The highest BCUT2D eigenvalue weighted by Crippen LogP contribution is 2.01. The Morgan fingerprint density at radius 3 is 2.50 bits per heavy atom. The molecule has 2 N–H and O–H groups in total. The molecule has 0 aliphatic rings. The molecule has 20 heavy (non-hydrogen) atoms. The van der Waals surface area contributed by atoms with Crippen LogP contribution in [-0.2, 0) is 21.2 Å². The zero-order chi connectivity index (χ0) is 15.0. The van der Waals surface area contributed by atoms with Crippen LogP contribution >= 0.6 is 0 Å². The summed E-state index contributed by atoms with van der Waals surface area (Å²) < 4.78 is 25.9. The molecule has 0 aliphatic carbocycles. The molecule has 0 bridgehead atoms. The molecule has 5 nitrogen and oxygen atoms in total. The van der Waals surface area contributed by atoms with Gasteiger partial charge in [-0.05, 0) is 25.3 Å². The maximum absolute atomic E-state index is 11.8. The lowest BCUT2D eigenvalue weighted by atomic mass is 10.2. The van der Waals surface area contributed by atoms with Crippen LogP contribution in [0.5, 0.6) is 0 Å². The third-order valence-corrected chi connectivity index (χ3v) is 4.30. The van der Waals surface area contributed by atoms with Gasteiger partial charge in [0.05, 0.1) is 12.3 Å². The molecule has 6 heteroatoms. The van der Waals surface area contributed by atoms with Crippen LogP contribution in [0, 0.1) is 0 Å². The van der Waals surface area contributed by atoms with Gasteiger partial charge >= 0.3 is 0 Å². The Balaban J connectivity index is 2.36. The molecule has 0 aliphatic heterocycles. The van der Waals surface area contributed by atoms with E-state index in [1.165, 1.54) is 0 Å². The first-order chi connectivity index (χ1) is 9.43. The van der Waals surface area contributed by atoms with Gasteiger partial charge in [0.2, 0.25) is 15.9 Å². The zero-order valence-electron chi connectivity index (χ0n) is 11.9. The summed E-state index contributed by atoms with van der Waals surface area (Å²) in [5.74, 6) is -0.323. The Kier molecular flexibility index (Phi) is 6.67. The number of benzene rings is 1. The molecule has 1 rings (SSSR count). The largest absolute Gasteiger partial charge is 0.353 e. The number of sulfonamides is 1. The Labute approximate surface area is 120 Å². The van der Waals surface area contributed by atoms with E-state index in [4.69, 9.17) is 0 Å². The number of nitrogens with one attached hydrogen (secondary N) is 2. The highest BCUT2D eigenvalue weighted by Gasteiger charge is 2.13. The van der Waals surface area contributed by atoms with Crippen LogP contribution in [0.3, 0.4) is 0 Å². The van der Waals surface area contributed by atoms with E-state index in [1.54, 1.807) is 0 Å². The maximum Gasteiger partial charge on any atom is 0.235 e. The predicted molar refractivity (Wildman–Crippen MR) is 79.8 cm³/mol. The Bertz CT molecular complexity index is 514. The van der Waals surface area contributed by atoms with E-state index in [0.29, 0.717) is 6.42 Å². The van der Waals surface area contributed by atoms with Crippen molar-refractivity contribution in [1.29, 1.82) is 0 Å². The predicted octanol–water partition coefficient (Wildman–Crippen LogP) is 1.06. The number of amides is 1. The zero-order valence-corrected chi connectivity index (χ0v) is 12.7. The third kappa shape index (κ3) is 6.68. The van der Waals surface area contributed by atoms with Crippen LogP contribution in [-0.4, -0.2) is 32.7 Å². The van der Waals surface area contributed by atoms with E-state index in [9.17, 15) is 13.2 Å². The molecule has 0 spiro atoms. The van der Waals surface area contributed by atoms with Crippen LogP contribution in [0.15, 0.2) is 30.3 Å². The lowest BCUT2D eigenvalue weighted by Gasteiger charge is -2.12. The average Bonchev–Trinajstić information content (AvgIpc) is 2.44. The van der Waals surface area contributed by atoms with Gasteiger partial charge < -0.3 is 5.32 Å². The van der Waals surface area contributed by atoms with Gasteiger partial charge in [-0.25, -0.2) is 13.1 Å². The number of carbonyl (C=O) groups excluding carboxylic acids is 1. The summed E-state index contributed by atoms with van der Waals surface area (Å²) in [6.45, 7) is 3.62. The summed E-state index contributed by atoms with van der Waals surface area (Å²) in [6, 6.07) is 9.44. The highest BCUT2D eigenvalue weighted by molar-refractivity contribution is 7.89. The van der Waals surface area contributed by atoms with E-state index >= 15 is 0 Å². The lowest BCUT2D eigenvalue weighted by molar-refractivity contribution is -0.120. The lowest BCUT2D eigenvalue weighted by Crippen LogP contribution is -2.41. The summed E-state index contributed by atoms with van der Waals surface area (Å²) >= 11 is 0. The minimum atomic E-state index is -3.43. The molecule has 1 aromatic rings.